The molecule has 0 aliphatic rings. The van der Waals surface area contributed by atoms with Crippen LogP contribution in [0.2, 0.25) is 0 Å². The van der Waals surface area contributed by atoms with Crippen LogP contribution in [0.3, 0.4) is 0 Å². The van der Waals surface area contributed by atoms with E-state index in [-0.39, 0.29) is 0 Å². The topological polar surface area (TPSA) is 20.2 Å². The van der Waals surface area contributed by atoms with Gasteiger partial charge in [-0.15, -0.1) is 0 Å². The SMILES string of the molecule is CCC/C=C/C(C)CCO. The number of unbranched alkanes of at least 4 members (excludes halogenated alkanes) is 1. The second-order valence-corrected chi connectivity index (χ2v) is 2.71. The van der Waals surface area contributed by atoms with Crippen LogP contribution in [0.25, 0.3) is 0 Å². The molecule has 0 fully saturated rings. The van der Waals surface area contributed by atoms with Gasteiger partial charge in [-0.3, -0.25) is 0 Å². The fraction of sp³-hybridized carbons (Fsp3) is 0.778. The van der Waals surface area contributed by atoms with Crippen LogP contribution in [0, 0.1) is 5.92 Å². The highest BCUT2D eigenvalue weighted by Gasteiger charge is 1.92. The van der Waals surface area contributed by atoms with E-state index in [2.05, 4.69) is 26.0 Å². The van der Waals surface area contributed by atoms with E-state index in [0.717, 1.165) is 12.8 Å². The predicted octanol–water partition coefficient (Wildman–Crippen LogP) is 2.36. The summed E-state index contributed by atoms with van der Waals surface area (Å²) in [4.78, 5) is 0. The Morgan fingerprint density at radius 1 is 1.50 bits per heavy atom. The summed E-state index contributed by atoms with van der Waals surface area (Å²) in [6, 6.07) is 0. The minimum Gasteiger partial charge on any atom is -0.396 e. The molecule has 0 aromatic heterocycles. The Hall–Kier alpha value is -0.300. The van der Waals surface area contributed by atoms with Crippen LogP contribution < -0.4 is 0 Å². The van der Waals surface area contributed by atoms with Crippen LogP contribution in [0.15, 0.2) is 12.2 Å². The van der Waals surface area contributed by atoms with Crippen LogP contribution in [-0.4, -0.2) is 11.7 Å². The summed E-state index contributed by atoms with van der Waals surface area (Å²) in [5.41, 5.74) is 0. The first kappa shape index (κ1) is 9.70. The van der Waals surface area contributed by atoms with Crippen molar-refractivity contribution in [3.63, 3.8) is 0 Å². The third kappa shape index (κ3) is 5.83. The van der Waals surface area contributed by atoms with Crippen molar-refractivity contribution in [3.8, 4) is 0 Å². The monoisotopic (exact) mass is 142 g/mol. The van der Waals surface area contributed by atoms with E-state index in [0.29, 0.717) is 12.5 Å². The van der Waals surface area contributed by atoms with E-state index in [4.69, 9.17) is 5.11 Å². The van der Waals surface area contributed by atoms with E-state index < -0.39 is 0 Å². The zero-order valence-electron chi connectivity index (χ0n) is 7.01. The first-order valence-electron chi connectivity index (χ1n) is 4.08. The van der Waals surface area contributed by atoms with E-state index in [1.165, 1.54) is 6.42 Å². The van der Waals surface area contributed by atoms with Crippen molar-refractivity contribution >= 4 is 0 Å². The van der Waals surface area contributed by atoms with Gasteiger partial charge in [-0.25, -0.2) is 0 Å². The molecular formula is C9H18O. The lowest BCUT2D eigenvalue weighted by Crippen LogP contribution is -1.92. The molecule has 60 valence electrons. The van der Waals surface area contributed by atoms with Gasteiger partial charge in [-0.1, -0.05) is 32.4 Å². The van der Waals surface area contributed by atoms with Crippen molar-refractivity contribution < 1.29 is 5.11 Å². The number of aliphatic hydroxyl groups is 1. The van der Waals surface area contributed by atoms with Crippen LogP contribution in [0.1, 0.15) is 33.1 Å². The molecule has 0 aromatic carbocycles. The second-order valence-electron chi connectivity index (χ2n) is 2.71. The average molecular weight is 142 g/mol. The molecule has 0 saturated carbocycles. The first-order valence-corrected chi connectivity index (χ1v) is 4.08. The predicted molar refractivity (Wildman–Crippen MR) is 44.9 cm³/mol. The van der Waals surface area contributed by atoms with Crippen molar-refractivity contribution in [2.24, 2.45) is 5.92 Å². The Labute approximate surface area is 63.8 Å². The number of hydrogen-bond acceptors (Lipinski definition) is 1. The molecule has 0 spiro atoms. The lowest BCUT2D eigenvalue weighted by Gasteiger charge is -2.00. The molecule has 0 aliphatic carbocycles. The van der Waals surface area contributed by atoms with Gasteiger partial charge in [0, 0.05) is 6.61 Å². The molecule has 0 heterocycles. The van der Waals surface area contributed by atoms with Crippen molar-refractivity contribution in [1.29, 1.82) is 0 Å². The summed E-state index contributed by atoms with van der Waals surface area (Å²) in [7, 11) is 0. The molecule has 0 rings (SSSR count). The summed E-state index contributed by atoms with van der Waals surface area (Å²) < 4.78 is 0. The Bertz CT molecular complexity index is 86.7. The fourth-order valence-electron chi connectivity index (χ4n) is 0.795. The lowest BCUT2D eigenvalue weighted by molar-refractivity contribution is 0.274. The molecule has 1 nitrogen and oxygen atoms in total. The molecule has 1 heteroatoms. The number of hydrogen-bond donors (Lipinski definition) is 1. The highest BCUT2D eigenvalue weighted by molar-refractivity contribution is 4.85. The number of rotatable bonds is 5. The van der Waals surface area contributed by atoms with Gasteiger partial charge in [0.25, 0.3) is 0 Å². The van der Waals surface area contributed by atoms with Gasteiger partial charge in [0.15, 0.2) is 0 Å². The number of aliphatic hydroxyl groups excluding tert-OH is 1. The van der Waals surface area contributed by atoms with Crippen LogP contribution >= 0.6 is 0 Å². The minimum absolute atomic E-state index is 0.303. The summed E-state index contributed by atoms with van der Waals surface area (Å²) >= 11 is 0. The van der Waals surface area contributed by atoms with Gasteiger partial charge in [0.2, 0.25) is 0 Å². The molecule has 0 aliphatic heterocycles. The van der Waals surface area contributed by atoms with Crippen molar-refractivity contribution in [3.05, 3.63) is 12.2 Å². The number of allylic oxidation sites excluding steroid dienone is 2. The van der Waals surface area contributed by atoms with Gasteiger partial charge < -0.3 is 5.11 Å². The quantitative estimate of drug-likeness (QED) is 0.584. The van der Waals surface area contributed by atoms with E-state index in [1.54, 1.807) is 0 Å². The molecule has 1 unspecified atom stereocenters. The first-order chi connectivity index (χ1) is 4.81. The van der Waals surface area contributed by atoms with Crippen molar-refractivity contribution in [2.75, 3.05) is 6.61 Å². The zero-order chi connectivity index (χ0) is 7.82. The van der Waals surface area contributed by atoms with Gasteiger partial charge in [0.1, 0.15) is 0 Å². The molecule has 0 saturated heterocycles. The van der Waals surface area contributed by atoms with Crippen LogP contribution in [0.5, 0.6) is 0 Å². The summed E-state index contributed by atoms with van der Waals surface area (Å²) in [6.45, 7) is 4.60. The van der Waals surface area contributed by atoms with E-state index in [1.807, 2.05) is 0 Å². The normalized spacial score (nSPS) is 14.3. The third-order valence-corrected chi connectivity index (χ3v) is 1.50. The molecule has 0 aromatic rings. The highest BCUT2D eigenvalue weighted by atomic mass is 16.2. The molecule has 0 amide bonds. The smallest absolute Gasteiger partial charge is 0.0436 e. The van der Waals surface area contributed by atoms with Gasteiger partial charge >= 0.3 is 0 Å². The summed E-state index contributed by atoms with van der Waals surface area (Å²) in [6.07, 6.45) is 7.64. The van der Waals surface area contributed by atoms with Gasteiger partial charge in [0.05, 0.1) is 0 Å². The highest BCUT2D eigenvalue weighted by Crippen LogP contribution is 2.03. The van der Waals surface area contributed by atoms with Crippen LogP contribution in [0.4, 0.5) is 0 Å². The summed E-state index contributed by atoms with van der Waals surface area (Å²) in [5.74, 6) is 0.538. The maximum Gasteiger partial charge on any atom is 0.0436 e. The Balaban J connectivity index is 3.26. The molecule has 1 N–H and O–H groups in total. The largest absolute Gasteiger partial charge is 0.396 e. The van der Waals surface area contributed by atoms with E-state index in [9.17, 15) is 0 Å². The van der Waals surface area contributed by atoms with Gasteiger partial charge in [-0.2, -0.15) is 0 Å². The van der Waals surface area contributed by atoms with Crippen molar-refractivity contribution in [2.45, 2.75) is 33.1 Å². The standard InChI is InChI=1S/C9H18O/c1-3-4-5-6-9(2)7-8-10/h5-6,9-10H,3-4,7-8H2,1-2H3/b6-5+. The minimum atomic E-state index is 0.303. The molecule has 0 bridgehead atoms. The third-order valence-electron chi connectivity index (χ3n) is 1.50. The van der Waals surface area contributed by atoms with Crippen LogP contribution in [-0.2, 0) is 0 Å². The molecular weight excluding hydrogens is 124 g/mol. The fourth-order valence-corrected chi connectivity index (χ4v) is 0.795. The van der Waals surface area contributed by atoms with Gasteiger partial charge in [-0.05, 0) is 18.8 Å². The summed E-state index contributed by atoms with van der Waals surface area (Å²) in [5, 5.41) is 8.56. The second kappa shape index (κ2) is 6.81. The molecule has 1 atom stereocenters. The lowest BCUT2D eigenvalue weighted by atomic mass is 10.1. The molecule has 0 radical (unpaired) electrons. The van der Waals surface area contributed by atoms with Crippen molar-refractivity contribution in [1.82, 2.24) is 0 Å². The maximum atomic E-state index is 8.56. The average Bonchev–Trinajstić information content (AvgIpc) is 1.89. The maximum absolute atomic E-state index is 8.56. The Morgan fingerprint density at radius 3 is 2.70 bits per heavy atom. The van der Waals surface area contributed by atoms with E-state index >= 15 is 0 Å². The Kier molecular flexibility index (Phi) is 6.61. The zero-order valence-corrected chi connectivity index (χ0v) is 7.01. The Morgan fingerprint density at radius 2 is 2.20 bits per heavy atom. The molecule has 10 heavy (non-hydrogen) atoms.